The van der Waals surface area contributed by atoms with Crippen molar-refractivity contribution < 1.29 is 23.9 Å². The molecule has 33 heavy (non-hydrogen) atoms. The lowest BCUT2D eigenvalue weighted by Gasteiger charge is -2.27. The van der Waals surface area contributed by atoms with Gasteiger partial charge in [0.15, 0.2) is 0 Å². The maximum absolute atomic E-state index is 12.6. The predicted molar refractivity (Wildman–Crippen MR) is 119 cm³/mol. The van der Waals surface area contributed by atoms with E-state index in [0.717, 1.165) is 5.56 Å². The highest BCUT2D eigenvalue weighted by Crippen LogP contribution is 2.41. The molecule has 0 bridgehead atoms. The number of nitro benzene ring substituents is 1. The van der Waals surface area contributed by atoms with E-state index in [1.54, 1.807) is 44.2 Å². The summed E-state index contributed by atoms with van der Waals surface area (Å²) in [5.74, 6) is -0.925. The molecule has 0 aliphatic carbocycles. The molecule has 0 amide bonds. The number of halogens is 1. The minimum Gasteiger partial charge on any atom is -0.487 e. The third kappa shape index (κ3) is 5.07. The van der Waals surface area contributed by atoms with E-state index < -0.39 is 16.8 Å². The number of rotatable bonds is 7. The Hall–Kier alpha value is -4.03. The summed E-state index contributed by atoms with van der Waals surface area (Å²) >= 11 is 6.43. The number of nitrogens with two attached hydrogens (primary N) is 1. The van der Waals surface area contributed by atoms with Crippen molar-refractivity contribution in [3.63, 3.8) is 0 Å². The van der Waals surface area contributed by atoms with E-state index in [2.05, 4.69) is 0 Å². The largest absolute Gasteiger partial charge is 0.487 e. The molecular weight excluding hydrogens is 450 g/mol. The van der Waals surface area contributed by atoms with Gasteiger partial charge in [-0.1, -0.05) is 17.7 Å². The SMILES string of the molecule is CCOC(=O)C1=C(C)OC(N)=C(C#N)C1c1ccc(OCc2ccc([N+](=O)[O-])cc2)c(Cl)c1. The van der Waals surface area contributed by atoms with Crippen LogP contribution in [-0.2, 0) is 20.9 Å². The molecular formula is C23H20ClN3O6. The molecule has 0 fully saturated rings. The molecule has 9 nitrogen and oxygen atoms in total. The van der Waals surface area contributed by atoms with Crippen molar-refractivity contribution in [1.82, 2.24) is 0 Å². The summed E-state index contributed by atoms with van der Waals surface area (Å²) in [5.41, 5.74) is 7.37. The van der Waals surface area contributed by atoms with Crippen molar-refractivity contribution in [1.29, 1.82) is 5.26 Å². The van der Waals surface area contributed by atoms with Crippen molar-refractivity contribution in [3.8, 4) is 11.8 Å². The number of carbonyl (C=O) groups is 1. The molecule has 0 saturated heterocycles. The van der Waals surface area contributed by atoms with Crippen molar-refractivity contribution in [2.75, 3.05) is 6.61 Å². The van der Waals surface area contributed by atoms with Crippen LogP contribution in [0.5, 0.6) is 5.75 Å². The number of esters is 1. The van der Waals surface area contributed by atoms with Crippen LogP contribution in [0.15, 0.2) is 65.3 Å². The highest BCUT2D eigenvalue weighted by Gasteiger charge is 2.36. The summed E-state index contributed by atoms with van der Waals surface area (Å²) < 4.78 is 16.3. The summed E-state index contributed by atoms with van der Waals surface area (Å²) in [5, 5.41) is 20.7. The zero-order valence-electron chi connectivity index (χ0n) is 17.8. The van der Waals surface area contributed by atoms with Crippen LogP contribution in [0.1, 0.15) is 30.9 Å². The van der Waals surface area contributed by atoms with Crippen LogP contribution in [0.3, 0.4) is 0 Å². The van der Waals surface area contributed by atoms with E-state index in [9.17, 15) is 20.2 Å². The fourth-order valence-electron chi connectivity index (χ4n) is 3.38. The molecule has 0 spiro atoms. The van der Waals surface area contributed by atoms with Gasteiger partial charge in [0.25, 0.3) is 5.69 Å². The monoisotopic (exact) mass is 469 g/mol. The van der Waals surface area contributed by atoms with Crippen LogP contribution in [0.2, 0.25) is 5.02 Å². The van der Waals surface area contributed by atoms with Crippen LogP contribution in [-0.4, -0.2) is 17.5 Å². The first-order chi connectivity index (χ1) is 15.8. The number of nitro groups is 1. The zero-order valence-corrected chi connectivity index (χ0v) is 18.6. The predicted octanol–water partition coefficient (Wildman–Crippen LogP) is 4.47. The maximum atomic E-state index is 12.6. The normalized spacial score (nSPS) is 15.5. The van der Waals surface area contributed by atoms with E-state index in [1.807, 2.05) is 6.07 Å². The molecule has 3 rings (SSSR count). The van der Waals surface area contributed by atoms with E-state index in [1.165, 1.54) is 12.1 Å². The highest BCUT2D eigenvalue weighted by molar-refractivity contribution is 6.32. The van der Waals surface area contributed by atoms with Gasteiger partial charge in [0.1, 0.15) is 29.8 Å². The maximum Gasteiger partial charge on any atom is 0.338 e. The van der Waals surface area contributed by atoms with Crippen molar-refractivity contribution in [2.45, 2.75) is 26.4 Å². The van der Waals surface area contributed by atoms with E-state index in [-0.39, 0.29) is 46.7 Å². The molecule has 1 unspecified atom stereocenters. The van der Waals surface area contributed by atoms with Crippen molar-refractivity contribution >= 4 is 23.3 Å². The third-order valence-corrected chi connectivity index (χ3v) is 5.23. The Kier molecular flexibility index (Phi) is 7.20. The van der Waals surface area contributed by atoms with Gasteiger partial charge in [-0.3, -0.25) is 10.1 Å². The smallest absolute Gasteiger partial charge is 0.338 e. The number of nitrogens with zero attached hydrogens (tertiary/aromatic N) is 2. The molecule has 170 valence electrons. The second-order valence-corrected chi connectivity index (χ2v) is 7.42. The van der Waals surface area contributed by atoms with Gasteiger partial charge in [0, 0.05) is 12.1 Å². The van der Waals surface area contributed by atoms with Gasteiger partial charge >= 0.3 is 5.97 Å². The van der Waals surface area contributed by atoms with E-state index >= 15 is 0 Å². The minimum atomic E-state index is -0.816. The van der Waals surface area contributed by atoms with Gasteiger partial charge in [0.05, 0.1) is 28.0 Å². The molecule has 1 aliphatic heterocycles. The topological polar surface area (TPSA) is 138 Å². The van der Waals surface area contributed by atoms with Gasteiger partial charge in [-0.15, -0.1) is 0 Å². The summed E-state index contributed by atoms with van der Waals surface area (Å²) in [6.07, 6.45) is 0. The number of non-ortho nitro benzene ring substituents is 1. The summed E-state index contributed by atoms with van der Waals surface area (Å²) in [6, 6.07) is 12.8. The Balaban J connectivity index is 1.88. The molecule has 1 heterocycles. The fraction of sp³-hybridized carbons (Fsp3) is 0.217. The highest BCUT2D eigenvalue weighted by atomic mass is 35.5. The molecule has 2 N–H and O–H groups in total. The number of hydrogen-bond donors (Lipinski definition) is 1. The summed E-state index contributed by atoms with van der Waals surface area (Å²) in [4.78, 5) is 22.9. The van der Waals surface area contributed by atoms with Gasteiger partial charge in [0.2, 0.25) is 5.88 Å². The number of hydrogen-bond acceptors (Lipinski definition) is 8. The van der Waals surface area contributed by atoms with Gasteiger partial charge in [-0.25, -0.2) is 4.79 Å². The molecule has 10 heteroatoms. The van der Waals surface area contributed by atoms with E-state index in [0.29, 0.717) is 11.3 Å². The Morgan fingerprint density at radius 2 is 2.00 bits per heavy atom. The summed E-state index contributed by atoms with van der Waals surface area (Å²) in [6.45, 7) is 3.54. The van der Waals surface area contributed by atoms with Gasteiger partial charge < -0.3 is 19.9 Å². The Bertz CT molecular complexity index is 1200. The van der Waals surface area contributed by atoms with Crippen LogP contribution in [0, 0.1) is 21.4 Å². The second-order valence-electron chi connectivity index (χ2n) is 7.02. The molecule has 0 radical (unpaired) electrons. The lowest BCUT2D eigenvalue weighted by Crippen LogP contribution is -2.25. The first-order valence-electron chi connectivity index (χ1n) is 9.87. The first kappa shape index (κ1) is 23.6. The van der Waals surface area contributed by atoms with Crippen LogP contribution in [0.4, 0.5) is 5.69 Å². The lowest BCUT2D eigenvalue weighted by molar-refractivity contribution is -0.384. The standard InChI is InChI=1S/C23H20ClN3O6/c1-3-31-23(28)20-13(2)33-22(26)17(11-25)21(20)15-6-9-19(18(24)10-15)32-12-14-4-7-16(8-5-14)27(29)30/h4-10,21H,3,12,26H2,1-2H3. The number of carbonyl (C=O) groups excluding carboxylic acids is 1. The van der Waals surface area contributed by atoms with Crippen molar-refractivity contribution in [2.24, 2.45) is 5.73 Å². The molecule has 1 atom stereocenters. The Morgan fingerprint density at radius 1 is 1.30 bits per heavy atom. The first-order valence-corrected chi connectivity index (χ1v) is 10.3. The van der Waals surface area contributed by atoms with Gasteiger partial charge in [-0.05, 0) is 49.2 Å². The molecule has 0 aromatic heterocycles. The van der Waals surface area contributed by atoms with E-state index in [4.69, 9.17) is 31.5 Å². The Morgan fingerprint density at radius 3 is 2.58 bits per heavy atom. The van der Waals surface area contributed by atoms with Gasteiger partial charge in [-0.2, -0.15) is 5.26 Å². The minimum absolute atomic E-state index is 0.0148. The fourth-order valence-corrected chi connectivity index (χ4v) is 3.62. The third-order valence-electron chi connectivity index (χ3n) is 4.93. The quantitative estimate of drug-likeness (QED) is 0.356. The van der Waals surface area contributed by atoms with Crippen LogP contribution in [0.25, 0.3) is 0 Å². The van der Waals surface area contributed by atoms with Crippen molar-refractivity contribution in [3.05, 3.63) is 91.5 Å². The number of allylic oxidation sites excluding steroid dienone is 2. The average Bonchev–Trinajstić information content (AvgIpc) is 2.78. The summed E-state index contributed by atoms with van der Waals surface area (Å²) in [7, 11) is 0. The van der Waals surface area contributed by atoms with Crippen LogP contribution >= 0.6 is 11.6 Å². The molecule has 2 aromatic carbocycles. The molecule has 0 saturated carbocycles. The lowest BCUT2D eigenvalue weighted by atomic mass is 9.83. The zero-order chi connectivity index (χ0) is 24.1. The molecule has 1 aliphatic rings. The number of benzene rings is 2. The van der Waals surface area contributed by atoms with Crippen LogP contribution < -0.4 is 10.5 Å². The average molecular weight is 470 g/mol. The Labute approximate surface area is 194 Å². The number of nitriles is 1. The second kappa shape index (κ2) is 10.1. The number of ether oxygens (including phenoxy) is 3. The molecule has 2 aromatic rings.